The van der Waals surface area contributed by atoms with Crippen molar-refractivity contribution < 1.29 is 4.79 Å². The van der Waals surface area contributed by atoms with Gasteiger partial charge in [0.1, 0.15) is 0 Å². The molecule has 110 valence electrons. The van der Waals surface area contributed by atoms with Crippen molar-refractivity contribution in [2.24, 2.45) is 5.41 Å². The zero-order valence-corrected chi connectivity index (χ0v) is 12.6. The Morgan fingerprint density at radius 1 is 1.55 bits per heavy atom. The highest BCUT2D eigenvalue weighted by molar-refractivity contribution is 5.97. The summed E-state index contributed by atoms with van der Waals surface area (Å²) in [5.41, 5.74) is 0.485. The Hall–Kier alpha value is -1.62. The summed E-state index contributed by atoms with van der Waals surface area (Å²) in [6, 6.07) is 3.75. The van der Waals surface area contributed by atoms with Crippen LogP contribution in [0, 0.1) is 5.41 Å². The Bertz CT molecular complexity index is 467. The largest absolute Gasteiger partial charge is 0.361 e. The Labute approximate surface area is 120 Å². The van der Waals surface area contributed by atoms with Crippen molar-refractivity contribution in [1.82, 2.24) is 10.3 Å². The molecule has 5 heteroatoms. The fraction of sp³-hybridized carbons (Fsp3) is 0.600. The number of nitrogens with one attached hydrogen (secondary N) is 2. The number of carbonyl (C=O) groups is 1. The molecule has 1 aliphatic rings. The van der Waals surface area contributed by atoms with Gasteiger partial charge in [-0.15, -0.1) is 0 Å². The van der Waals surface area contributed by atoms with Crippen LogP contribution in [0.25, 0.3) is 0 Å². The average Bonchev–Trinajstić information content (AvgIpc) is 2.48. The third kappa shape index (κ3) is 2.93. The van der Waals surface area contributed by atoms with E-state index in [0.717, 1.165) is 43.9 Å². The molecule has 1 atom stereocenters. The molecule has 0 radical (unpaired) electrons. The van der Waals surface area contributed by atoms with Gasteiger partial charge in [0.05, 0.1) is 11.1 Å². The van der Waals surface area contributed by atoms with Gasteiger partial charge in [0.2, 0.25) is 5.91 Å². The van der Waals surface area contributed by atoms with E-state index in [1.165, 1.54) is 0 Å². The molecule has 2 N–H and O–H groups in total. The van der Waals surface area contributed by atoms with E-state index < -0.39 is 0 Å². The van der Waals surface area contributed by atoms with Crippen molar-refractivity contribution in [3.05, 3.63) is 18.3 Å². The van der Waals surface area contributed by atoms with E-state index in [0.29, 0.717) is 0 Å². The third-order valence-corrected chi connectivity index (χ3v) is 4.09. The molecule has 2 heterocycles. The number of hydrogen-bond acceptors (Lipinski definition) is 4. The molecule has 0 bridgehead atoms. The minimum Gasteiger partial charge on any atom is -0.361 e. The maximum atomic E-state index is 12.7. The predicted molar refractivity (Wildman–Crippen MR) is 82.0 cm³/mol. The molecular formula is C15H24N4O. The molecule has 20 heavy (non-hydrogen) atoms. The SMILES string of the molecule is CCC1(C(=O)Nc2cccnc2N(C)C)CCCNC1. The summed E-state index contributed by atoms with van der Waals surface area (Å²) in [6.07, 6.45) is 4.58. The molecule has 1 amide bonds. The first-order chi connectivity index (χ1) is 9.59. The predicted octanol–water partition coefficient (Wildman–Crippen LogP) is 1.87. The number of carbonyl (C=O) groups excluding carboxylic acids is 1. The number of aromatic nitrogens is 1. The fourth-order valence-electron chi connectivity index (χ4n) is 2.73. The molecule has 1 fully saturated rings. The summed E-state index contributed by atoms with van der Waals surface area (Å²) < 4.78 is 0. The number of nitrogens with zero attached hydrogens (tertiary/aromatic N) is 2. The van der Waals surface area contributed by atoms with Crippen molar-refractivity contribution in [2.45, 2.75) is 26.2 Å². The molecule has 0 spiro atoms. The van der Waals surface area contributed by atoms with Crippen molar-refractivity contribution in [1.29, 1.82) is 0 Å². The Kier molecular flexibility index (Phi) is 4.60. The molecule has 1 aromatic heterocycles. The lowest BCUT2D eigenvalue weighted by Gasteiger charge is -2.35. The van der Waals surface area contributed by atoms with Gasteiger partial charge in [-0.3, -0.25) is 4.79 Å². The molecule has 1 aromatic rings. The molecule has 0 saturated carbocycles. The second-order valence-electron chi connectivity index (χ2n) is 5.64. The van der Waals surface area contributed by atoms with Gasteiger partial charge in [0.25, 0.3) is 0 Å². The first kappa shape index (κ1) is 14.8. The van der Waals surface area contributed by atoms with Crippen LogP contribution in [-0.4, -0.2) is 38.1 Å². The van der Waals surface area contributed by atoms with Gasteiger partial charge in [-0.1, -0.05) is 6.92 Å². The lowest BCUT2D eigenvalue weighted by molar-refractivity contribution is -0.126. The maximum absolute atomic E-state index is 12.7. The number of pyridine rings is 1. The van der Waals surface area contributed by atoms with Crippen LogP contribution in [0.15, 0.2) is 18.3 Å². The minimum atomic E-state index is -0.294. The average molecular weight is 276 g/mol. The first-order valence-corrected chi connectivity index (χ1v) is 7.23. The minimum absolute atomic E-state index is 0.100. The van der Waals surface area contributed by atoms with E-state index in [4.69, 9.17) is 0 Å². The lowest BCUT2D eigenvalue weighted by Crippen LogP contribution is -2.47. The second kappa shape index (κ2) is 6.22. The van der Waals surface area contributed by atoms with Crippen LogP contribution in [0.4, 0.5) is 11.5 Å². The van der Waals surface area contributed by atoms with Gasteiger partial charge in [-0.25, -0.2) is 4.98 Å². The Morgan fingerprint density at radius 3 is 2.95 bits per heavy atom. The highest BCUT2D eigenvalue weighted by atomic mass is 16.2. The summed E-state index contributed by atoms with van der Waals surface area (Å²) in [5, 5.41) is 6.41. The van der Waals surface area contributed by atoms with Crippen LogP contribution < -0.4 is 15.5 Å². The molecule has 5 nitrogen and oxygen atoms in total. The summed E-state index contributed by atoms with van der Waals surface area (Å²) >= 11 is 0. The van der Waals surface area contributed by atoms with Crippen molar-refractivity contribution >= 4 is 17.4 Å². The number of piperidine rings is 1. The Morgan fingerprint density at radius 2 is 2.35 bits per heavy atom. The standard InChI is InChI=1S/C15H24N4O/c1-4-15(8-6-9-16-11-15)14(20)18-12-7-5-10-17-13(12)19(2)3/h5,7,10,16H,4,6,8-9,11H2,1-3H3,(H,18,20). The molecule has 1 unspecified atom stereocenters. The van der Waals surface area contributed by atoms with Gasteiger partial charge in [-0.2, -0.15) is 0 Å². The zero-order valence-electron chi connectivity index (χ0n) is 12.6. The maximum Gasteiger partial charge on any atom is 0.231 e. The summed E-state index contributed by atoms with van der Waals surface area (Å²) in [6.45, 7) is 3.85. The molecule has 0 aromatic carbocycles. The van der Waals surface area contributed by atoms with Crippen molar-refractivity contribution in [3.8, 4) is 0 Å². The van der Waals surface area contributed by atoms with E-state index in [-0.39, 0.29) is 11.3 Å². The fourth-order valence-corrected chi connectivity index (χ4v) is 2.73. The molecule has 0 aliphatic carbocycles. The van der Waals surface area contributed by atoms with Gasteiger partial charge in [0, 0.05) is 26.8 Å². The second-order valence-corrected chi connectivity index (χ2v) is 5.64. The van der Waals surface area contributed by atoms with E-state index >= 15 is 0 Å². The van der Waals surface area contributed by atoms with Gasteiger partial charge in [0.15, 0.2) is 5.82 Å². The van der Waals surface area contributed by atoms with Crippen LogP contribution in [-0.2, 0) is 4.79 Å². The van der Waals surface area contributed by atoms with Gasteiger partial charge >= 0.3 is 0 Å². The van der Waals surface area contributed by atoms with E-state index in [1.807, 2.05) is 31.1 Å². The zero-order chi connectivity index (χ0) is 14.6. The quantitative estimate of drug-likeness (QED) is 0.881. The van der Waals surface area contributed by atoms with Crippen LogP contribution in [0.2, 0.25) is 0 Å². The molecule has 1 saturated heterocycles. The lowest BCUT2D eigenvalue weighted by atomic mass is 9.77. The number of hydrogen-bond donors (Lipinski definition) is 2. The van der Waals surface area contributed by atoms with Crippen LogP contribution in [0.3, 0.4) is 0 Å². The van der Waals surface area contributed by atoms with E-state index in [2.05, 4.69) is 22.5 Å². The van der Waals surface area contributed by atoms with E-state index in [1.54, 1.807) is 6.20 Å². The summed E-state index contributed by atoms with van der Waals surface area (Å²) in [7, 11) is 3.85. The van der Waals surface area contributed by atoms with Crippen LogP contribution in [0.5, 0.6) is 0 Å². The van der Waals surface area contributed by atoms with Crippen LogP contribution >= 0.6 is 0 Å². The summed E-state index contributed by atoms with van der Waals surface area (Å²) in [4.78, 5) is 18.9. The highest BCUT2D eigenvalue weighted by Crippen LogP contribution is 2.32. The third-order valence-electron chi connectivity index (χ3n) is 4.09. The smallest absolute Gasteiger partial charge is 0.231 e. The van der Waals surface area contributed by atoms with E-state index in [9.17, 15) is 4.79 Å². The Balaban J connectivity index is 2.18. The molecule has 2 rings (SSSR count). The summed E-state index contributed by atoms with van der Waals surface area (Å²) in [5.74, 6) is 0.888. The van der Waals surface area contributed by atoms with Gasteiger partial charge in [-0.05, 0) is 37.9 Å². The van der Waals surface area contributed by atoms with Gasteiger partial charge < -0.3 is 15.5 Å². The molecule has 1 aliphatic heterocycles. The number of amides is 1. The first-order valence-electron chi connectivity index (χ1n) is 7.23. The number of rotatable bonds is 4. The topological polar surface area (TPSA) is 57.3 Å². The number of anilines is 2. The van der Waals surface area contributed by atoms with Crippen molar-refractivity contribution in [2.75, 3.05) is 37.4 Å². The normalized spacial score (nSPS) is 22.4. The highest BCUT2D eigenvalue weighted by Gasteiger charge is 2.38. The van der Waals surface area contributed by atoms with Crippen molar-refractivity contribution in [3.63, 3.8) is 0 Å². The molecular weight excluding hydrogens is 252 g/mol. The monoisotopic (exact) mass is 276 g/mol. The van der Waals surface area contributed by atoms with Crippen LogP contribution in [0.1, 0.15) is 26.2 Å².